The van der Waals surface area contributed by atoms with Gasteiger partial charge in [0, 0.05) is 0 Å². The van der Waals surface area contributed by atoms with E-state index < -0.39 is 17.1 Å². The average molecular weight is 154 g/mol. The Morgan fingerprint density at radius 2 is 1.89 bits per heavy atom. The Hall–Kier alpha value is -0.610. The lowest BCUT2D eigenvalue weighted by Gasteiger charge is -1.93. The fourth-order valence-electron chi connectivity index (χ4n) is 0.174. The second-order valence-corrected chi connectivity index (χ2v) is 1.75. The van der Waals surface area contributed by atoms with Gasteiger partial charge in [0.15, 0.2) is 11.2 Å². The SMILES string of the molecule is CC(=O)C(Cl)C(=O)O.N. The number of rotatable bonds is 2. The van der Waals surface area contributed by atoms with E-state index in [1.807, 2.05) is 0 Å². The highest BCUT2D eigenvalue weighted by atomic mass is 35.5. The number of carbonyl (C=O) groups is 2. The summed E-state index contributed by atoms with van der Waals surface area (Å²) in [7, 11) is 0. The summed E-state index contributed by atoms with van der Waals surface area (Å²) in [6.07, 6.45) is 0. The molecule has 54 valence electrons. The van der Waals surface area contributed by atoms with Crippen LogP contribution in [0, 0.1) is 0 Å². The van der Waals surface area contributed by atoms with E-state index in [-0.39, 0.29) is 6.15 Å². The number of hydrogen-bond donors (Lipinski definition) is 2. The number of ketones is 1. The minimum Gasteiger partial charge on any atom is -0.480 e. The van der Waals surface area contributed by atoms with E-state index in [2.05, 4.69) is 0 Å². The third-order valence-corrected chi connectivity index (χ3v) is 1.07. The fraction of sp³-hybridized carbons (Fsp3) is 0.500. The number of carboxylic acids is 1. The van der Waals surface area contributed by atoms with Gasteiger partial charge in [0.05, 0.1) is 0 Å². The van der Waals surface area contributed by atoms with Crippen LogP contribution in [-0.2, 0) is 9.59 Å². The smallest absolute Gasteiger partial charge is 0.329 e. The van der Waals surface area contributed by atoms with Crippen molar-refractivity contribution in [1.29, 1.82) is 0 Å². The topological polar surface area (TPSA) is 89.4 Å². The van der Waals surface area contributed by atoms with E-state index in [9.17, 15) is 9.59 Å². The van der Waals surface area contributed by atoms with Crippen LogP contribution >= 0.6 is 11.6 Å². The molecule has 0 aromatic carbocycles. The van der Waals surface area contributed by atoms with Crippen molar-refractivity contribution in [2.75, 3.05) is 0 Å². The minimum atomic E-state index is -1.38. The molecule has 4 nitrogen and oxygen atoms in total. The first kappa shape index (κ1) is 11.2. The third-order valence-electron chi connectivity index (χ3n) is 0.574. The lowest BCUT2D eigenvalue weighted by Crippen LogP contribution is -2.20. The van der Waals surface area contributed by atoms with E-state index in [4.69, 9.17) is 16.7 Å². The maximum Gasteiger partial charge on any atom is 0.329 e. The normalized spacial score (nSPS) is 11.3. The van der Waals surface area contributed by atoms with E-state index in [0.717, 1.165) is 6.92 Å². The van der Waals surface area contributed by atoms with Gasteiger partial charge in [0.1, 0.15) is 0 Å². The summed E-state index contributed by atoms with van der Waals surface area (Å²) in [4.78, 5) is 19.9. The Labute approximate surface area is 57.4 Å². The van der Waals surface area contributed by atoms with Crippen molar-refractivity contribution >= 4 is 23.4 Å². The first-order chi connectivity index (χ1) is 3.55. The van der Waals surface area contributed by atoms with Gasteiger partial charge in [0.2, 0.25) is 0 Å². The predicted molar refractivity (Wildman–Crippen MR) is 33.0 cm³/mol. The standard InChI is InChI=1S/C4H5ClO3.H3N/c1-2(6)3(5)4(7)8;/h3H,1H3,(H,7,8);1H3. The molecule has 0 aliphatic carbocycles. The van der Waals surface area contributed by atoms with E-state index in [1.54, 1.807) is 0 Å². The van der Waals surface area contributed by atoms with E-state index >= 15 is 0 Å². The van der Waals surface area contributed by atoms with Crippen molar-refractivity contribution in [3.05, 3.63) is 0 Å². The van der Waals surface area contributed by atoms with Gasteiger partial charge in [-0.25, -0.2) is 0 Å². The quantitative estimate of drug-likeness (QED) is 0.445. The number of carboxylic acid groups (broad SMARTS) is 1. The molecule has 0 heterocycles. The summed E-state index contributed by atoms with van der Waals surface area (Å²) < 4.78 is 0. The molecular formula is C4H8ClNO3. The molecule has 0 aromatic rings. The van der Waals surface area contributed by atoms with Crippen LogP contribution in [0.5, 0.6) is 0 Å². The second-order valence-electron chi connectivity index (χ2n) is 1.31. The third kappa shape index (κ3) is 3.93. The van der Waals surface area contributed by atoms with Gasteiger partial charge in [-0.3, -0.25) is 9.59 Å². The Morgan fingerprint density at radius 3 is 1.89 bits per heavy atom. The zero-order chi connectivity index (χ0) is 6.73. The minimum absolute atomic E-state index is 0. The van der Waals surface area contributed by atoms with Crippen molar-refractivity contribution in [3.63, 3.8) is 0 Å². The maximum absolute atomic E-state index is 10.1. The fourth-order valence-corrected chi connectivity index (χ4v) is 0.174. The van der Waals surface area contributed by atoms with Gasteiger partial charge in [-0.1, -0.05) is 0 Å². The van der Waals surface area contributed by atoms with Crippen molar-refractivity contribution in [3.8, 4) is 0 Å². The first-order valence-electron chi connectivity index (χ1n) is 1.93. The summed E-state index contributed by atoms with van der Waals surface area (Å²) in [5.41, 5.74) is 0. The van der Waals surface area contributed by atoms with Gasteiger partial charge in [0.25, 0.3) is 0 Å². The van der Waals surface area contributed by atoms with Crippen molar-refractivity contribution in [2.24, 2.45) is 0 Å². The van der Waals surface area contributed by atoms with Crippen molar-refractivity contribution in [1.82, 2.24) is 6.15 Å². The maximum atomic E-state index is 10.1. The first-order valence-corrected chi connectivity index (χ1v) is 2.36. The molecule has 0 bridgehead atoms. The van der Waals surface area contributed by atoms with Crippen LogP contribution in [0.2, 0.25) is 0 Å². The Bertz CT molecular complexity index is 111. The molecule has 0 saturated heterocycles. The lowest BCUT2D eigenvalue weighted by atomic mass is 10.3. The molecule has 9 heavy (non-hydrogen) atoms. The van der Waals surface area contributed by atoms with E-state index in [1.165, 1.54) is 0 Å². The molecule has 0 aliphatic rings. The molecule has 4 N–H and O–H groups in total. The number of alkyl halides is 1. The number of aliphatic carboxylic acids is 1. The van der Waals surface area contributed by atoms with Crippen LogP contribution in [0.1, 0.15) is 6.92 Å². The summed E-state index contributed by atoms with van der Waals surface area (Å²) in [6, 6.07) is 0. The van der Waals surface area contributed by atoms with Crippen LogP contribution in [0.4, 0.5) is 0 Å². The van der Waals surface area contributed by atoms with Crippen LogP contribution in [0.15, 0.2) is 0 Å². The molecule has 0 amide bonds. The molecule has 5 heteroatoms. The lowest BCUT2D eigenvalue weighted by molar-refractivity contribution is -0.139. The molecule has 0 aromatic heterocycles. The average Bonchev–Trinajstić information content (AvgIpc) is 1.64. The number of halogens is 1. The molecule has 0 aliphatic heterocycles. The zero-order valence-corrected chi connectivity index (χ0v) is 5.68. The van der Waals surface area contributed by atoms with Gasteiger partial charge in [-0.2, -0.15) is 0 Å². The monoisotopic (exact) mass is 153 g/mol. The van der Waals surface area contributed by atoms with Gasteiger partial charge >= 0.3 is 5.97 Å². The number of hydrogen-bond acceptors (Lipinski definition) is 3. The molecule has 0 fully saturated rings. The molecular weight excluding hydrogens is 146 g/mol. The van der Waals surface area contributed by atoms with Gasteiger partial charge in [-0.05, 0) is 6.92 Å². The molecule has 1 atom stereocenters. The predicted octanol–water partition coefficient (Wildman–Crippen LogP) is 0.429. The molecule has 0 saturated carbocycles. The molecule has 0 radical (unpaired) electrons. The Morgan fingerprint density at radius 1 is 1.56 bits per heavy atom. The molecule has 0 spiro atoms. The molecule has 1 unspecified atom stereocenters. The summed E-state index contributed by atoms with van der Waals surface area (Å²) >= 11 is 5.00. The Kier molecular flexibility index (Phi) is 5.34. The zero-order valence-electron chi connectivity index (χ0n) is 4.93. The van der Waals surface area contributed by atoms with E-state index in [0.29, 0.717) is 0 Å². The number of carbonyl (C=O) groups excluding carboxylic acids is 1. The largest absolute Gasteiger partial charge is 0.480 e. The Balaban J connectivity index is 0. The van der Waals surface area contributed by atoms with Crippen LogP contribution < -0.4 is 6.15 Å². The molecule has 0 rings (SSSR count). The van der Waals surface area contributed by atoms with Crippen LogP contribution in [0.3, 0.4) is 0 Å². The summed E-state index contributed by atoms with van der Waals surface area (Å²) in [5, 5.41) is 6.62. The van der Waals surface area contributed by atoms with Crippen LogP contribution in [-0.4, -0.2) is 22.2 Å². The number of Topliss-reactive ketones (excluding diaryl/α,β-unsaturated/α-hetero) is 1. The summed E-state index contributed by atoms with van der Waals surface area (Å²) in [5.74, 6) is -1.83. The summed E-state index contributed by atoms with van der Waals surface area (Å²) in [6.45, 7) is 1.13. The highest BCUT2D eigenvalue weighted by Gasteiger charge is 2.17. The van der Waals surface area contributed by atoms with Crippen molar-refractivity contribution < 1.29 is 14.7 Å². The highest BCUT2D eigenvalue weighted by molar-refractivity contribution is 6.40. The van der Waals surface area contributed by atoms with Crippen molar-refractivity contribution in [2.45, 2.75) is 12.3 Å². The van der Waals surface area contributed by atoms with Gasteiger partial charge in [-0.15, -0.1) is 11.6 Å². The highest BCUT2D eigenvalue weighted by Crippen LogP contribution is 1.95. The second kappa shape index (κ2) is 4.29. The van der Waals surface area contributed by atoms with Gasteiger partial charge < -0.3 is 11.3 Å². The van der Waals surface area contributed by atoms with Crippen LogP contribution in [0.25, 0.3) is 0 Å².